The van der Waals surface area contributed by atoms with Gasteiger partial charge in [0, 0.05) is 0 Å². The molecule has 0 aromatic rings. The molecule has 0 radical (unpaired) electrons. The van der Waals surface area contributed by atoms with E-state index in [2.05, 4.69) is 11.7 Å². The average molecular weight is 178 g/mol. The highest BCUT2D eigenvalue weighted by Gasteiger charge is 2.12. The van der Waals surface area contributed by atoms with E-state index in [1.54, 1.807) is 6.92 Å². The lowest BCUT2D eigenvalue weighted by Crippen LogP contribution is -2.17. The van der Waals surface area contributed by atoms with Gasteiger partial charge in [0.1, 0.15) is 0 Å². The Hall–Kier alpha value is -0.220. The van der Waals surface area contributed by atoms with Crippen molar-refractivity contribution in [2.45, 2.75) is 25.5 Å². The average Bonchev–Trinajstić information content (AvgIpc) is 2.00. The molecule has 0 saturated heterocycles. The Bertz CT molecular complexity index is 116. The summed E-state index contributed by atoms with van der Waals surface area (Å²) in [6.07, 6.45) is 1.04. The molecule has 0 amide bonds. The normalized spacial score (nSPS) is 12.6. The summed E-state index contributed by atoms with van der Waals surface area (Å²) in [4.78, 5) is 10.8. The Balaban J connectivity index is 3.46. The molecular formula is C7H14O3S. The van der Waals surface area contributed by atoms with Crippen LogP contribution in [0.3, 0.4) is 0 Å². The number of aliphatic hydroxyl groups excluding tert-OH is 1. The molecule has 66 valence electrons. The maximum atomic E-state index is 10.8. The number of rotatable bonds is 5. The summed E-state index contributed by atoms with van der Waals surface area (Å²) in [6, 6.07) is 0. The Morgan fingerprint density at radius 3 is 2.82 bits per heavy atom. The van der Waals surface area contributed by atoms with Gasteiger partial charge in [0.25, 0.3) is 0 Å². The lowest BCUT2D eigenvalue weighted by Gasteiger charge is -2.07. The molecule has 0 bridgehead atoms. The zero-order chi connectivity index (χ0) is 8.69. The molecule has 0 aromatic heterocycles. The van der Waals surface area contributed by atoms with Crippen LogP contribution in [0.15, 0.2) is 0 Å². The number of hydrogen-bond acceptors (Lipinski definition) is 4. The molecule has 1 unspecified atom stereocenters. The Morgan fingerprint density at radius 2 is 2.36 bits per heavy atom. The van der Waals surface area contributed by atoms with Crippen LogP contribution in [0.4, 0.5) is 0 Å². The van der Waals surface area contributed by atoms with Gasteiger partial charge in [0.2, 0.25) is 0 Å². The SMILES string of the molecule is CCCSC(C)C(=O)OCO. The summed E-state index contributed by atoms with van der Waals surface area (Å²) in [5.74, 6) is 0.604. The lowest BCUT2D eigenvalue weighted by molar-refractivity contribution is -0.150. The van der Waals surface area contributed by atoms with E-state index in [-0.39, 0.29) is 11.2 Å². The number of carbonyl (C=O) groups excluding carboxylic acids is 1. The van der Waals surface area contributed by atoms with Gasteiger partial charge >= 0.3 is 5.97 Å². The molecule has 11 heavy (non-hydrogen) atoms. The summed E-state index contributed by atoms with van der Waals surface area (Å²) < 4.78 is 4.40. The van der Waals surface area contributed by atoms with E-state index in [0.29, 0.717) is 0 Å². The molecule has 0 aliphatic rings. The standard InChI is InChI=1S/C7H14O3S/c1-3-4-11-6(2)7(9)10-5-8/h6,8H,3-5H2,1-2H3. The summed E-state index contributed by atoms with van der Waals surface area (Å²) in [5.41, 5.74) is 0. The minimum atomic E-state index is -0.518. The van der Waals surface area contributed by atoms with Crippen LogP contribution in [0.5, 0.6) is 0 Å². The first-order valence-corrected chi connectivity index (χ1v) is 4.66. The molecule has 0 rings (SSSR count). The van der Waals surface area contributed by atoms with E-state index in [1.807, 2.05) is 0 Å². The molecule has 3 nitrogen and oxygen atoms in total. The number of carbonyl (C=O) groups is 1. The van der Waals surface area contributed by atoms with Crippen LogP contribution in [0.1, 0.15) is 20.3 Å². The van der Waals surface area contributed by atoms with Gasteiger partial charge in [-0.2, -0.15) is 0 Å². The van der Waals surface area contributed by atoms with Crippen LogP contribution in [0.2, 0.25) is 0 Å². The first kappa shape index (κ1) is 10.8. The first-order chi connectivity index (χ1) is 5.22. The van der Waals surface area contributed by atoms with Crippen LogP contribution in [0.25, 0.3) is 0 Å². The molecule has 0 spiro atoms. The third-order valence-electron chi connectivity index (χ3n) is 1.11. The van der Waals surface area contributed by atoms with Gasteiger partial charge in [-0.3, -0.25) is 4.79 Å². The number of hydrogen-bond donors (Lipinski definition) is 1. The molecule has 0 aliphatic heterocycles. The highest BCUT2D eigenvalue weighted by Crippen LogP contribution is 2.12. The van der Waals surface area contributed by atoms with Gasteiger partial charge in [-0.05, 0) is 19.1 Å². The van der Waals surface area contributed by atoms with Crippen molar-refractivity contribution < 1.29 is 14.6 Å². The zero-order valence-corrected chi connectivity index (χ0v) is 7.69. The number of esters is 1. The maximum absolute atomic E-state index is 10.8. The molecule has 1 N–H and O–H groups in total. The van der Waals surface area contributed by atoms with E-state index < -0.39 is 6.79 Å². The quantitative estimate of drug-likeness (QED) is 0.504. The van der Waals surface area contributed by atoms with Crippen molar-refractivity contribution in [3.8, 4) is 0 Å². The fourth-order valence-electron chi connectivity index (χ4n) is 0.544. The van der Waals surface area contributed by atoms with Crippen molar-refractivity contribution in [3.05, 3.63) is 0 Å². The van der Waals surface area contributed by atoms with E-state index in [0.717, 1.165) is 12.2 Å². The maximum Gasteiger partial charge on any atom is 0.320 e. The van der Waals surface area contributed by atoms with E-state index in [4.69, 9.17) is 5.11 Å². The second-order valence-electron chi connectivity index (χ2n) is 2.11. The largest absolute Gasteiger partial charge is 0.438 e. The predicted octanol–water partition coefficient (Wildman–Crippen LogP) is 1.01. The van der Waals surface area contributed by atoms with Crippen LogP contribution in [-0.4, -0.2) is 28.9 Å². The van der Waals surface area contributed by atoms with Gasteiger partial charge in [-0.15, -0.1) is 11.8 Å². The summed E-state index contributed by atoms with van der Waals surface area (Å²) in [7, 11) is 0. The van der Waals surface area contributed by atoms with Crippen molar-refractivity contribution in [2.75, 3.05) is 12.5 Å². The molecule has 0 aromatic carbocycles. The van der Waals surface area contributed by atoms with Crippen LogP contribution in [-0.2, 0) is 9.53 Å². The third-order valence-corrected chi connectivity index (χ3v) is 2.45. The number of thioether (sulfide) groups is 1. The van der Waals surface area contributed by atoms with E-state index in [9.17, 15) is 4.79 Å². The van der Waals surface area contributed by atoms with Gasteiger partial charge in [-0.1, -0.05) is 6.92 Å². The summed E-state index contributed by atoms with van der Waals surface area (Å²) in [6.45, 7) is 3.31. The van der Waals surface area contributed by atoms with Crippen molar-refractivity contribution in [2.24, 2.45) is 0 Å². The molecular weight excluding hydrogens is 164 g/mol. The minimum absolute atomic E-state index is 0.165. The fraction of sp³-hybridized carbons (Fsp3) is 0.857. The van der Waals surface area contributed by atoms with Crippen molar-refractivity contribution in [1.82, 2.24) is 0 Å². The summed E-state index contributed by atoms with van der Waals surface area (Å²) in [5, 5.41) is 8.09. The van der Waals surface area contributed by atoms with Crippen molar-refractivity contribution in [1.29, 1.82) is 0 Å². The topological polar surface area (TPSA) is 46.5 Å². The van der Waals surface area contributed by atoms with Crippen molar-refractivity contribution >= 4 is 17.7 Å². The van der Waals surface area contributed by atoms with Gasteiger partial charge in [0.05, 0.1) is 5.25 Å². The minimum Gasteiger partial charge on any atom is -0.438 e. The highest BCUT2D eigenvalue weighted by molar-refractivity contribution is 8.00. The molecule has 0 aliphatic carbocycles. The number of aliphatic hydroxyl groups is 1. The Morgan fingerprint density at radius 1 is 1.73 bits per heavy atom. The highest BCUT2D eigenvalue weighted by atomic mass is 32.2. The van der Waals surface area contributed by atoms with E-state index in [1.165, 1.54) is 11.8 Å². The molecule has 0 saturated carbocycles. The lowest BCUT2D eigenvalue weighted by atomic mass is 10.5. The van der Waals surface area contributed by atoms with Gasteiger partial charge in [-0.25, -0.2) is 0 Å². The third kappa shape index (κ3) is 5.09. The smallest absolute Gasteiger partial charge is 0.320 e. The molecule has 1 atom stereocenters. The Kier molecular flexibility index (Phi) is 6.36. The number of ether oxygens (including phenoxy) is 1. The summed E-state index contributed by atoms with van der Waals surface area (Å²) >= 11 is 1.54. The van der Waals surface area contributed by atoms with Gasteiger partial charge < -0.3 is 9.84 Å². The van der Waals surface area contributed by atoms with Gasteiger partial charge in [0.15, 0.2) is 6.79 Å². The van der Waals surface area contributed by atoms with Crippen LogP contribution in [0, 0.1) is 0 Å². The predicted molar refractivity (Wildman–Crippen MR) is 45.4 cm³/mol. The fourth-order valence-corrected chi connectivity index (χ4v) is 1.34. The first-order valence-electron chi connectivity index (χ1n) is 3.61. The monoisotopic (exact) mass is 178 g/mol. The molecule has 0 fully saturated rings. The van der Waals surface area contributed by atoms with Crippen LogP contribution >= 0.6 is 11.8 Å². The second kappa shape index (κ2) is 6.49. The van der Waals surface area contributed by atoms with Crippen LogP contribution < -0.4 is 0 Å². The van der Waals surface area contributed by atoms with Crippen molar-refractivity contribution in [3.63, 3.8) is 0 Å². The van der Waals surface area contributed by atoms with E-state index >= 15 is 0 Å². The Labute approximate surface area is 71.1 Å². The molecule has 4 heteroatoms. The molecule has 0 heterocycles. The zero-order valence-electron chi connectivity index (χ0n) is 6.87. The second-order valence-corrected chi connectivity index (χ2v) is 3.55.